The summed E-state index contributed by atoms with van der Waals surface area (Å²) in [6.45, 7) is 6.67. The van der Waals surface area contributed by atoms with E-state index in [9.17, 15) is 8.78 Å². The van der Waals surface area contributed by atoms with E-state index < -0.39 is 11.6 Å². The van der Waals surface area contributed by atoms with E-state index in [1.165, 1.54) is 18.2 Å². The molecule has 1 aliphatic heterocycles. The summed E-state index contributed by atoms with van der Waals surface area (Å²) in [6, 6.07) is 10.9. The van der Waals surface area contributed by atoms with Crippen LogP contribution in [0.25, 0.3) is 0 Å². The standard InChI is InChI=1S/C21H23F2NO3/c1-21(2,3)27-16-9-7-15(8-10-16)25-12-11-14-13-26-20(24-14)19-17(22)5-4-6-18(19)23/h4-10,14H,11-13H2,1-3H3. The zero-order valence-corrected chi connectivity index (χ0v) is 15.7. The first kappa shape index (κ1) is 19.1. The van der Waals surface area contributed by atoms with Crippen LogP contribution in [0.3, 0.4) is 0 Å². The topological polar surface area (TPSA) is 40.0 Å². The molecule has 0 bridgehead atoms. The monoisotopic (exact) mass is 375 g/mol. The van der Waals surface area contributed by atoms with E-state index >= 15 is 0 Å². The van der Waals surface area contributed by atoms with Crippen molar-refractivity contribution >= 4 is 5.90 Å². The Morgan fingerprint density at radius 1 is 1.04 bits per heavy atom. The summed E-state index contributed by atoms with van der Waals surface area (Å²) in [7, 11) is 0. The average Bonchev–Trinajstić information content (AvgIpc) is 3.03. The first-order chi connectivity index (χ1) is 12.8. The number of ether oxygens (including phenoxy) is 3. The average molecular weight is 375 g/mol. The first-order valence-corrected chi connectivity index (χ1v) is 8.89. The largest absolute Gasteiger partial charge is 0.494 e. The lowest BCUT2D eigenvalue weighted by Gasteiger charge is -2.21. The molecule has 1 unspecified atom stereocenters. The van der Waals surface area contributed by atoms with E-state index in [-0.39, 0.29) is 29.7 Å². The van der Waals surface area contributed by atoms with Crippen LogP contribution in [0.4, 0.5) is 8.78 Å². The van der Waals surface area contributed by atoms with Gasteiger partial charge in [0.25, 0.3) is 0 Å². The maximum atomic E-state index is 13.8. The lowest BCUT2D eigenvalue weighted by atomic mass is 10.2. The van der Waals surface area contributed by atoms with Crippen LogP contribution in [-0.2, 0) is 4.74 Å². The fourth-order valence-corrected chi connectivity index (χ4v) is 2.67. The van der Waals surface area contributed by atoms with Crippen molar-refractivity contribution in [1.29, 1.82) is 0 Å². The molecule has 3 rings (SSSR count). The van der Waals surface area contributed by atoms with E-state index in [4.69, 9.17) is 14.2 Å². The van der Waals surface area contributed by atoms with Gasteiger partial charge in [0.2, 0.25) is 5.90 Å². The molecule has 27 heavy (non-hydrogen) atoms. The number of hydrogen-bond donors (Lipinski definition) is 0. The molecule has 4 nitrogen and oxygen atoms in total. The summed E-state index contributed by atoms with van der Waals surface area (Å²) in [5, 5.41) is 0. The summed E-state index contributed by atoms with van der Waals surface area (Å²) in [4.78, 5) is 4.28. The summed E-state index contributed by atoms with van der Waals surface area (Å²) in [6.07, 6.45) is 0.583. The van der Waals surface area contributed by atoms with E-state index in [0.717, 1.165) is 11.5 Å². The van der Waals surface area contributed by atoms with E-state index in [0.29, 0.717) is 13.0 Å². The van der Waals surface area contributed by atoms with Crippen molar-refractivity contribution in [3.05, 3.63) is 59.7 Å². The van der Waals surface area contributed by atoms with Gasteiger partial charge in [0.05, 0.1) is 12.6 Å². The van der Waals surface area contributed by atoms with Gasteiger partial charge in [0.1, 0.15) is 40.9 Å². The predicted octanol–water partition coefficient (Wildman–Crippen LogP) is 4.76. The molecule has 0 amide bonds. The molecule has 6 heteroatoms. The minimum absolute atomic E-state index is 0.0132. The number of hydrogen-bond acceptors (Lipinski definition) is 4. The van der Waals surface area contributed by atoms with Gasteiger partial charge < -0.3 is 14.2 Å². The normalized spacial score (nSPS) is 16.6. The molecule has 1 heterocycles. The Balaban J connectivity index is 1.52. The number of halogens is 2. The fraction of sp³-hybridized carbons (Fsp3) is 0.381. The van der Waals surface area contributed by atoms with Crippen molar-refractivity contribution in [3.63, 3.8) is 0 Å². The quantitative estimate of drug-likeness (QED) is 0.731. The number of benzene rings is 2. The van der Waals surface area contributed by atoms with E-state index in [1.807, 2.05) is 45.0 Å². The van der Waals surface area contributed by atoms with Crippen molar-refractivity contribution in [2.45, 2.75) is 38.8 Å². The molecule has 0 saturated heterocycles. The molecule has 2 aromatic rings. The Morgan fingerprint density at radius 2 is 1.67 bits per heavy atom. The van der Waals surface area contributed by atoms with Crippen molar-refractivity contribution < 1.29 is 23.0 Å². The second-order valence-electron chi connectivity index (χ2n) is 7.32. The van der Waals surface area contributed by atoms with Crippen LogP contribution in [0.2, 0.25) is 0 Å². The maximum absolute atomic E-state index is 13.8. The third-order valence-corrected chi connectivity index (χ3v) is 3.86. The van der Waals surface area contributed by atoms with Crippen LogP contribution in [-0.4, -0.2) is 30.8 Å². The summed E-state index contributed by atoms with van der Waals surface area (Å²) in [5.41, 5.74) is -0.464. The number of nitrogens with zero attached hydrogens (tertiary/aromatic N) is 1. The van der Waals surface area contributed by atoms with Crippen LogP contribution in [0.15, 0.2) is 47.5 Å². The van der Waals surface area contributed by atoms with Gasteiger partial charge >= 0.3 is 0 Å². The molecule has 0 aromatic heterocycles. The van der Waals surface area contributed by atoms with Crippen LogP contribution in [0.1, 0.15) is 32.8 Å². The molecule has 144 valence electrons. The van der Waals surface area contributed by atoms with Crippen LogP contribution in [0.5, 0.6) is 11.5 Å². The Kier molecular flexibility index (Phi) is 5.63. The molecular weight excluding hydrogens is 352 g/mol. The molecule has 1 atom stereocenters. The van der Waals surface area contributed by atoms with Crippen molar-refractivity contribution in [2.75, 3.05) is 13.2 Å². The minimum Gasteiger partial charge on any atom is -0.494 e. The van der Waals surface area contributed by atoms with Crippen LogP contribution >= 0.6 is 0 Å². The van der Waals surface area contributed by atoms with Gasteiger partial charge in [0, 0.05) is 6.42 Å². The highest BCUT2D eigenvalue weighted by Crippen LogP contribution is 2.23. The van der Waals surface area contributed by atoms with Gasteiger partial charge in [-0.2, -0.15) is 0 Å². The highest BCUT2D eigenvalue weighted by atomic mass is 19.1. The Hall–Kier alpha value is -2.63. The first-order valence-electron chi connectivity index (χ1n) is 8.89. The third-order valence-electron chi connectivity index (χ3n) is 3.86. The molecule has 0 spiro atoms. The molecule has 0 aliphatic carbocycles. The second-order valence-corrected chi connectivity index (χ2v) is 7.32. The van der Waals surface area contributed by atoms with Crippen molar-refractivity contribution in [1.82, 2.24) is 0 Å². The highest BCUT2D eigenvalue weighted by molar-refractivity contribution is 5.95. The lowest BCUT2D eigenvalue weighted by Crippen LogP contribution is -2.22. The Labute approximate surface area is 157 Å². The van der Waals surface area contributed by atoms with Gasteiger partial charge in [-0.1, -0.05) is 6.07 Å². The maximum Gasteiger partial charge on any atom is 0.222 e. The Bertz CT molecular complexity index is 793. The summed E-state index contributed by atoms with van der Waals surface area (Å²) in [5.74, 6) is 0.158. The van der Waals surface area contributed by atoms with Gasteiger partial charge in [-0.25, -0.2) is 13.8 Å². The number of rotatable bonds is 6. The zero-order valence-electron chi connectivity index (χ0n) is 15.7. The zero-order chi connectivity index (χ0) is 19.4. The van der Waals surface area contributed by atoms with Crippen molar-refractivity contribution in [3.8, 4) is 11.5 Å². The van der Waals surface area contributed by atoms with E-state index in [1.54, 1.807) is 0 Å². The highest BCUT2D eigenvalue weighted by Gasteiger charge is 2.25. The Morgan fingerprint density at radius 3 is 2.30 bits per heavy atom. The van der Waals surface area contributed by atoms with Crippen LogP contribution < -0.4 is 9.47 Å². The minimum atomic E-state index is -0.678. The second kappa shape index (κ2) is 7.94. The summed E-state index contributed by atoms with van der Waals surface area (Å²) >= 11 is 0. The summed E-state index contributed by atoms with van der Waals surface area (Å²) < 4.78 is 44.5. The van der Waals surface area contributed by atoms with E-state index in [2.05, 4.69) is 4.99 Å². The van der Waals surface area contributed by atoms with Gasteiger partial charge in [-0.3, -0.25) is 0 Å². The van der Waals surface area contributed by atoms with Gasteiger partial charge in [-0.15, -0.1) is 0 Å². The van der Waals surface area contributed by atoms with Crippen LogP contribution in [0, 0.1) is 11.6 Å². The molecule has 1 aliphatic rings. The molecule has 0 N–H and O–H groups in total. The molecule has 2 aromatic carbocycles. The lowest BCUT2D eigenvalue weighted by molar-refractivity contribution is 0.130. The fourth-order valence-electron chi connectivity index (χ4n) is 2.67. The molecule has 0 saturated carbocycles. The SMILES string of the molecule is CC(C)(C)Oc1ccc(OCCC2COC(c3c(F)cccc3F)=N2)cc1. The molecule has 0 radical (unpaired) electrons. The van der Waals surface area contributed by atoms with Gasteiger partial charge in [-0.05, 0) is 57.2 Å². The van der Waals surface area contributed by atoms with Gasteiger partial charge in [0.15, 0.2) is 0 Å². The molecular formula is C21H23F2NO3. The third kappa shape index (κ3) is 5.18. The predicted molar refractivity (Wildman–Crippen MR) is 99.6 cm³/mol. The number of aliphatic imine (C=N–C) groups is 1. The smallest absolute Gasteiger partial charge is 0.222 e. The van der Waals surface area contributed by atoms with Crippen molar-refractivity contribution in [2.24, 2.45) is 4.99 Å². The molecule has 0 fully saturated rings.